The number of amides is 1. The van der Waals surface area contributed by atoms with E-state index in [1.54, 1.807) is 19.0 Å². The molecule has 168 valence electrons. The van der Waals surface area contributed by atoms with Gasteiger partial charge in [0.1, 0.15) is 11.1 Å². The summed E-state index contributed by atoms with van der Waals surface area (Å²) in [4.78, 5) is 17.2. The second-order valence-corrected chi connectivity index (χ2v) is 9.52. The molecule has 6 nitrogen and oxygen atoms in total. The number of hydrogen-bond acceptors (Lipinski definition) is 5. The quantitative estimate of drug-likeness (QED) is 0.482. The first-order valence-electron chi connectivity index (χ1n) is 11.2. The molecule has 2 aromatic carbocycles. The van der Waals surface area contributed by atoms with Crippen LogP contribution in [0.2, 0.25) is 0 Å². The van der Waals surface area contributed by atoms with Crippen LogP contribution in [0.4, 0.5) is 0 Å². The summed E-state index contributed by atoms with van der Waals surface area (Å²) in [6.45, 7) is 3.69. The first kappa shape index (κ1) is 22.6. The van der Waals surface area contributed by atoms with Crippen LogP contribution in [0.1, 0.15) is 41.5 Å². The predicted octanol–water partition coefficient (Wildman–Crippen LogP) is 4.23. The zero-order chi connectivity index (χ0) is 22.3. The van der Waals surface area contributed by atoms with Crippen molar-refractivity contribution >= 4 is 17.7 Å². The average Bonchev–Trinajstić information content (AvgIpc) is 3.19. The highest BCUT2D eigenvalue weighted by Crippen LogP contribution is 2.36. The van der Waals surface area contributed by atoms with Gasteiger partial charge >= 0.3 is 0 Å². The monoisotopic (exact) mass is 449 g/mol. The van der Waals surface area contributed by atoms with Crippen LogP contribution in [0.3, 0.4) is 0 Å². The van der Waals surface area contributed by atoms with Gasteiger partial charge in [0.05, 0.1) is 13.1 Å². The van der Waals surface area contributed by atoms with Crippen molar-refractivity contribution in [3.8, 4) is 0 Å². The average molecular weight is 450 g/mol. The molecule has 1 aliphatic heterocycles. The Morgan fingerprint density at radius 1 is 0.938 bits per heavy atom. The summed E-state index contributed by atoms with van der Waals surface area (Å²) in [6, 6.07) is 20.3. The first-order valence-corrected chi connectivity index (χ1v) is 12.1. The number of piperidine rings is 1. The van der Waals surface area contributed by atoms with Gasteiger partial charge in [-0.05, 0) is 37.1 Å². The van der Waals surface area contributed by atoms with E-state index in [4.69, 9.17) is 0 Å². The summed E-state index contributed by atoms with van der Waals surface area (Å²) in [5.74, 6) is 1.01. The number of benzene rings is 2. The highest BCUT2D eigenvalue weighted by molar-refractivity contribution is 8.00. The highest BCUT2D eigenvalue weighted by atomic mass is 32.2. The molecule has 3 aromatic rings. The zero-order valence-corrected chi connectivity index (χ0v) is 19.7. The summed E-state index contributed by atoms with van der Waals surface area (Å²) in [6.07, 6.45) is 3.78. The lowest BCUT2D eigenvalue weighted by Crippen LogP contribution is -2.30. The van der Waals surface area contributed by atoms with E-state index in [2.05, 4.69) is 43.9 Å². The van der Waals surface area contributed by atoms with Gasteiger partial charge in [-0.2, -0.15) is 0 Å². The second kappa shape index (κ2) is 10.8. The molecule has 0 N–H and O–H groups in total. The van der Waals surface area contributed by atoms with Crippen LogP contribution < -0.4 is 0 Å². The molecule has 0 aliphatic carbocycles. The lowest BCUT2D eigenvalue weighted by atomic mass is 10.1. The van der Waals surface area contributed by atoms with Crippen LogP contribution in [-0.4, -0.2) is 57.7 Å². The van der Waals surface area contributed by atoms with E-state index >= 15 is 0 Å². The summed E-state index contributed by atoms with van der Waals surface area (Å²) in [5, 5.41) is 9.56. The molecule has 1 aromatic heterocycles. The third kappa shape index (κ3) is 5.58. The Morgan fingerprint density at radius 2 is 1.59 bits per heavy atom. The van der Waals surface area contributed by atoms with E-state index in [1.165, 1.54) is 36.6 Å². The van der Waals surface area contributed by atoms with Crippen molar-refractivity contribution in [3.05, 3.63) is 77.6 Å². The summed E-state index contributed by atoms with van der Waals surface area (Å²) < 4.78 is 2.19. The van der Waals surface area contributed by atoms with Crippen molar-refractivity contribution in [3.63, 3.8) is 0 Å². The lowest BCUT2D eigenvalue weighted by molar-refractivity contribution is -0.128. The Morgan fingerprint density at radius 3 is 2.25 bits per heavy atom. The van der Waals surface area contributed by atoms with Crippen molar-refractivity contribution < 1.29 is 4.79 Å². The third-order valence-electron chi connectivity index (χ3n) is 5.78. The Kier molecular flexibility index (Phi) is 7.60. The van der Waals surface area contributed by atoms with E-state index in [0.29, 0.717) is 6.54 Å². The lowest BCUT2D eigenvalue weighted by Gasteiger charge is -2.26. The molecule has 0 radical (unpaired) electrons. The van der Waals surface area contributed by atoms with E-state index in [0.717, 1.165) is 36.2 Å². The molecule has 7 heteroatoms. The largest absolute Gasteiger partial charge is 0.348 e. The van der Waals surface area contributed by atoms with Gasteiger partial charge in [0.15, 0.2) is 5.16 Å². The number of carbonyl (C=O) groups excluding carboxylic acids is 1. The van der Waals surface area contributed by atoms with E-state index in [-0.39, 0.29) is 11.2 Å². The molecule has 2 heterocycles. The van der Waals surface area contributed by atoms with Crippen LogP contribution in [0, 0.1) is 0 Å². The minimum atomic E-state index is -0.368. The fourth-order valence-electron chi connectivity index (χ4n) is 3.99. The number of rotatable bonds is 8. The molecule has 1 fully saturated rings. The molecule has 0 bridgehead atoms. The van der Waals surface area contributed by atoms with E-state index < -0.39 is 0 Å². The molecular weight excluding hydrogens is 418 g/mol. The van der Waals surface area contributed by atoms with Gasteiger partial charge in [-0.1, -0.05) is 78.8 Å². The van der Waals surface area contributed by atoms with E-state index in [1.807, 2.05) is 36.4 Å². The number of likely N-dealkylation sites (tertiary alicyclic amines) is 1. The minimum absolute atomic E-state index is 0.0491. The smallest absolute Gasteiger partial charge is 0.240 e. The Bertz CT molecular complexity index is 1000. The van der Waals surface area contributed by atoms with Crippen molar-refractivity contribution in [2.24, 2.45) is 0 Å². The van der Waals surface area contributed by atoms with Crippen LogP contribution >= 0.6 is 11.8 Å². The first-order chi connectivity index (χ1) is 15.6. The van der Waals surface area contributed by atoms with Gasteiger partial charge in [-0.25, -0.2) is 0 Å². The molecule has 0 saturated carbocycles. The zero-order valence-electron chi connectivity index (χ0n) is 18.9. The number of nitrogens with zero attached hydrogens (tertiary/aromatic N) is 5. The fraction of sp³-hybridized carbons (Fsp3) is 0.400. The van der Waals surface area contributed by atoms with Gasteiger partial charge in [-0.3, -0.25) is 9.69 Å². The molecule has 1 aliphatic rings. The number of hydrogen-bond donors (Lipinski definition) is 0. The van der Waals surface area contributed by atoms with Crippen LogP contribution in [-0.2, 0) is 17.9 Å². The van der Waals surface area contributed by atoms with Crippen LogP contribution in [0.5, 0.6) is 0 Å². The minimum Gasteiger partial charge on any atom is -0.348 e. The maximum atomic E-state index is 13.1. The molecule has 1 atom stereocenters. The van der Waals surface area contributed by atoms with Gasteiger partial charge in [0, 0.05) is 14.1 Å². The van der Waals surface area contributed by atoms with Gasteiger partial charge in [0.2, 0.25) is 5.91 Å². The Hall–Kier alpha value is -2.64. The van der Waals surface area contributed by atoms with Crippen molar-refractivity contribution in [1.29, 1.82) is 0 Å². The SMILES string of the molecule is CN(C)C(=O)[C@H](Sc1nnc(CN2CCCCC2)n1Cc1ccccc1)c1ccccc1. The van der Waals surface area contributed by atoms with Crippen LogP contribution in [0.15, 0.2) is 65.8 Å². The number of carbonyl (C=O) groups is 1. The molecule has 0 unspecified atom stereocenters. The van der Waals surface area contributed by atoms with Gasteiger partial charge in [-0.15, -0.1) is 10.2 Å². The van der Waals surface area contributed by atoms with Crippen molar-refractivity contribution in [2.75, 3.05) is 27.2 Å². The number of likely N-dealkylation sites (N-methyl/N-ethyl adjacent to an activating group) is 1. The summed E-state index contributed by atoms with van der Waals surface area (Å²) >= 11 is 1.49. The number of aromatic nitrogens is 3. The standard InChI is InChI=1S/C25H31N5OS/c1-28(2)24(31)23(21-14-8-4-9-15-21)32-25-27-26-22(19-29-16-10-5-11-17-29)30(25)18-20-12-6-3-7-13-20/h3-4,6-9,12-15,23H,5,10-11,16-19H2,1-2H3/t23-/m1/s1. The molecule has 1 saturated heterocycles. The van der Waals surface area contributed by atoms with Crippen LogP contribution in [0.25, 0.3) is 0 Å². The van der Waals surface area contributed by atoms with Crippen molar-refractivity contribution in [1.82, 2.24) is 24.6 Å². The van der Waals surface area contributed by atoms with Gasteiger partial charge in [0.25, 0.3) is 0 Å². The third-order valence-corrected chi connectivity index (χ3v) is 7.00. The van der Waals surface area contributed by atoms with Crippen molar-refractivity contribution in [2.45, 2.75) is 42.8 Å². The maximum Gasteiger partial charge on any atom is 0.240 e. The summed E-state index contributed by atoms with van der Waals surface area (Å²) in [5.41, 5.74) is 2.17. The highest BCUT2D eigenvalue weighted by Gasteiger charge is 2.27. The second-order valence-electron chi connectivity index (χ2n) is 8.45. The maximum absolute atomic E-state index is 13.1. The van der Waals surface area contributed by atoms with E-state index in [9.17, 15) is 4.79 Å². The Labute approximate surface area is 194 Å². The normalized spacial score (nSPS) is 15.4. The molecule has 32 heavy (non-hydrogen) atoms. The summed E-state index contributed by atoms with van der Waals surface area (Å²) in [7, 11) is 3.60. The molecule has 1 amide bonds. The molecular formula is C25H31N5OS. The predicted molar refractivity (Wildman–Crippen MR) is 128 cm³/mol. The Balaban J connectivity index is 1.65. The molecule has 4 rings (SSSR count). The number of thioether (sulfide) groups is 1. The molecule has 0 spiro atoms. The van der Waals surface area contributed by atoms with Gasteiger partial charge < -0.3 is 9.47 Å². The fourth-order valence-corrected chi connectivity index (χ4v) is 5.20. The topological polar surface area (TPSA) is 54.3 Å².